The maximum atomic E-state index is 5.89. The smallest absolute Gasteiger partial charge is 0.235 e. The molecule has 5 heteroatoms. The van der Waals surface area contributed by atoms with Gasteiger partial charge >= 0.3 is 0 Å². The average Bonchev–Trinajstić information content (AvgIpc) is 2.99. The Hall–Kier alpha value is -1.72. The number of benzene rings is 1. The highest BCUT2D eigenvalue weighted by Gasteiger charge is 2.32. The van der Waals surface area contributed by atoms with Crippen molar-refractivity contribution < 1.29 is 9.26 Å². The summed E-state index contributed by atoms with van der Waals surface area (Å²) in [6.45, 7) is 7.01. The van der Waals surface area contributed by atoms with E-state index in [1.54, 1.807) is 0 Å². The highest BCUT2D eigenvalue weighted by Crippen LogP contribution is 2.29. The van der Waals surface area contributed by atoms with Crippen molar-refractivity contribution in [3.05, 3.63) is 47.6 Å². The monoisotopic (exact) mass is 289 g/mol. The number of rotatable bonds is 7. The fourth-order valence-corrected chi connectivity index (χ4v) is 2.30. The van der Waals surface area contributed by atoms with E-state index in [2.05, 4.69) is 10.1 Å². The van der Waals surface area contributed by atoms with E-state index >= 15 is 0 Å². The van der Waals surface area contributed by atoms with Gasteiger partial charge < -0.3 is 15.0 Å². The minimum absolute atomic E-state index is 0.0878. The second-order valence-electron chi connectivity index (χ2n) is 5.17. The lowest BCUT2D eigenvalue weighted by Gasteiger charge is -2.23. The Bertz CT molecular complexity index is 556. The minimum Gasteiger partial charge on any atom is -0.367 e. The topological polar surface area (TPSA) is 74.2 Å². The third-order valence-corrected chi connectivity index (χ3v) is 3.79. The summed E-state index contributed by atoms with van der Waals surface area (Å²) in [5.41, 5.74) is 6.44. The molecule has 0 aliphatic carbocycles. The fraction of sp³-hybridized carbons (Fsp3) is 0.500. The van der Waals surface area contributed by atoms with Crippen molar-refractivity contribution in [2.24, 2.45) is 5.73 Å². The molecule has 0 radical (unpaired) electrons. The summed E-state index contributed by atoms with van der Waals surface area (Å²) in [4.78, 5) is 4.54. The lowest BCUT2D eigenvalue weighted by molar-refractivity contribution is -0.0403. The summed E-state index contributed by atoms with van der Waals surface area (Å²) in [7, 11) is 0. The predicted octanol–water partition coefficient (Wildman–Crippen LogP) is 2.82. The summed E-state index contributed by atoms with van der Waals surface area (Å²) in [6, 6.07) is 9.96. The molecule has 1 aromatic carbocycles. The SMILES string of the molecule is CCOC(C)(CC)c1noc(C(CN)c2ccccc2)n1. The van der Waals surface area contributed by atoms with Crippen molar-refractivity contribution in [1.29, 1.82) is 0 Å². The predicted molar refractivity (Wildman–Crippen MR) is 80.9 cm³/mol. The largest absolute Gasteiger partial charge is 0.367 e. The molecule has 0 amide bonds. The van der Waals surface area contributed by atoms with Gasteiger partial charge in [-0.2, -0.15) is 4.98 Å². The Morgan fingerprint density at radius 2 is 2.00 bits per heavy atom. The van der Waals surface area contributed by atoms with E-state index in [4.69, 9.17) is 15.0 Å². The molecule has 2 rings (SSSR count). The van der Waals surface area contributed by atoms with Crippen LogP contribution >= 0.6 is 0 Å². The molecule has 0 saturated carbocycles. The number of nitrogens with two attached hydrogens (primary N) is 1. The van der Waals surface area contributed by atoms with Gasteiger partial charge in [0.2, 0.25) is 11.7 Å². The van der Waals surface area contributed by atoms with E-state index in [1.165, 1.54) is 0 Å². The molecule has 1 aromatic heterocycles. The van der Waals surface area contributed by atoms with Gasteiger partial charge in [-0.05, 0) is 25.8 Å². The van der Waals surface area contributed by atoms with Crippen LogP contribution in [0.2, 0.25) is 0 Å². The zero-order valence-electron chi connectivity index (χ0n) is 12.9. The van der Waals surface area contributed by atoms with Gasteiger partial charge in [-0.25, -0.2) is 0 Å². The lowest BCUT2D eigenvalue weighted by Crippen LogP contribution is -2.26. The third kappa shape index (κ3) is 3.31. The highest BCUT2D eigenvalue weighted by molar-refractivity contribution is 5.25. The van der Waals surface area contributed by atoms with Crippen LogP contribution in [0.15, 0.2) is 34.9 Å². The summed E-state index contributed by atoms with van der Waals surface area (Å²) < 4.78 is 11.2. The van der Waals surface area contributed by atoms with E-state index in [-0.39, 0.29) is 5.92 Å². The molecule has 0 saturated heterocycles. The first-order chi connectivity index (χ1) is 10.1. The molecule has 2 unspecified atom stereocenters. The second kappa shape index (κ2) is 6.83. The number of aromatic nitrogens is 2. The minimum atomic E-state index is -0.521. The first kappa shape index (κ1) is 15.7. The van der Waals surface area contributed by atoms with Gasteiger partial charge in [0.1, 0.15) is 5.60 Å². The second-order valence-corrected chi connectivity index (χ2v) is 5.17. The molecule has 5 nitrogen and oxygen atoms in total. The lowest BCUT2D eigenvalue weighted by atomic mass is 9.99. The van der Waals surface area contributed by atoms with Crippen molar-refractivity contribution in [1.82, 2.24) is 10.1 Å². The first-order valence-electron chi connectivity index (χ1n) is 7.37. The molecule has 0 aliphatic rings. The van der Waals surface area contributed by atoms with E-state index in [0.29, 0.717) is 24.9 Å². The van der Waals surface area contributed by atoms with Crippen LogP contribution in [0.1, 0.15) is 50.4 Å². The molecule has 2 atom stereocenters. The maximum absolute atomic E-state index is 5.89. The van der Waals surface area contributed by atoms with Crippen molar-refractivity contribution >= 4 is 0 Å². The zero-order valence-corrected chi connectivity index (χ0v) is 12.9. The number of ether oxygens (including phenoxy) is 1. The molecule has 1 heterocycles. The van der Waals surface area contributed by atoms with Gasteiger partial charge in [0.15, 0.2) is 0 Å². The summed E-state index contributed by atoms with van der Waals surface area (Å²) in [6.07, 6.45) is 0.776. The van der Waals surface area contributed by atoms with Crippen LogP contribution in [-0.2, 0) is 10.3 Å². The van der Waals surface area contributed by atoms with E-state index in [1.807, 2.05) is 51.1 Å². The van der Waals surface area contributed by atoms with Crippen LogP contribution in [0.4, 0.5) is 0 Å². The van der Waals surface area contributed by atoms with Crippen molar-refractivity contribution in [3.63, 3.8) is 0 Å². The Morgan fingerprint density at radius 3 is 2.57 bits per heavy atom. The van der Waals surface area contributed by atoms with Crippen LogP contribution in [-0.4, -0.2) is 23.3 Å². The molecular weight excluding hydrogens is 266 g/mol. The van der Waals surface area contributed by atoms with Crippen LogP contribution in [0.5, 0.6) is 0 Å². The third-order valence-electron chi connectivity index (χ3n) is 3.79. The van der Waals surface area contributed by atoms with Gasteiger partial charge in [-0.15, -0.1) is 0 Å². The quantitative estimate of drug-likeness (QED) is 0.848. The summed E-state index contributed by atoms with van der Waals surface area (Å²) in [5.74, 6) is 1.03. The molecule has 114 valence electrons. The molecular formula is C16H23N3O2. The van der Waals surface area contributed by atoms with Gasteiger partial charge in [-0.1, -0.05) is 42.4 Å². The molecule has 2 N–H and O–H groups in total. The Morgan fingerprint density at radius 1 is 1.29 bits per heavy atom. The Balaban J connectivity index is 2.30. The molecule has 0 bridgehead atoms. The van der Waals surface area contributed by atoms with Crippen molar-refractivity contribution in [3.8, 4) is 0 Å². The first-order valence-corrected chi connectivity index (χ1v) is 7.37. The van der Waals surface area contributed by atoms with E-state index < -0.39 is 5.60 Å². The molecule has 2 aromatic rings. The average molecular weight is 289 g/mol. The summed E-state index contributed by atoms with van der Waals surface area (Å²) >= 11 is 0. The fourth-order valence-electron chi connectivity index (χ4n) is 2.30. The summed E-state index contributed by atoms with van der Waals surface area (Å²) in [5, 5.41) is 4.11. The molecule has 21 heavy (non-hydrogen) atoms. The van der Waals surface area contributed by atoms with Crippen molar-refractivity contribution in [2.45, 2.75) is 38.7 Å². The Kier molecular flexibility index (Phi) is 5.09. The maximum Gasteiger partial charge on any atom is 0.235 e. The highest BCUT2D eigenvalue weighted by atomic mass is 16.5. The molecule has 0 aliphatic heterocycles. The van der Waals surface area contributed by atoms with Crippen LogP contribution < -0.4 is 5.73 Å². The van der Waals surface area contributed by atoms with E-state index in [9.17, 15) is 0 Å². The molecule has 0 spiro atoms. The van der Waals surface area contributed by atoms with Crippen molar-refractivity contribution in [2.75, 3.05) is 13.2 Å². The normalized spacial score (nSPS) is 15.6. The van der Waals surface area contributed by atoms with Gasteiger partial charge in [-0.3, -0.25) is 0 Å². The van der Waals surface area contributed by atoms with Gasteiger partial charge in [0.25, 0.3) is 0 Å². The Labute approximate surface area is 125 Å². The number of hydrogen-bond acceptors (Lipinski definition) is 5. The van der Waals surface area contributed by atoms with Gasteiger partial charge in [0, 0.05) is 13.2 Å². The number of nitrogens with zero attached hydrogens (tertiary/aromatic N) is 2. The van der Waals surface area contributed by atoms with E-state index in [0.717, 1.165) is 12.0 Å². The number of hydrogen-bond donors (Lipinski definition) is 1. The van der Waals surface area contributed by atoms with Crippen LogP contribution in [0, 0.1) is 0 Å². The van der Waals surface area contributed by atoms with Gasteiger partial charge in [0.05, 0.1) is 5.92 Å². The van der Waals surface area contributed by atoms with Crippen LogP contribution in [0.3, 0.4) is 0 Å². The van der Waals surface area contributed by atoms with Crippen LogP contribution in [0.25, 0.3) is 0 Å². The zero-order chi connectivity index (χ0) is 15.3. The molecule has 0 fully saturated rings. The standard InChI is InChI=1S/C16H23N3O2/c1-4-16(3,20-5-2)15-18-14(21-19-15)13(11-17)12-9-7-6-8-10-12/h6-10,13H,4-5,11,17H2,1-3H3.